The van der Waals surface area contributed by atoms with Gasteiger partial charge in [-0.2, -0.15) is 0 Å². The number of ether oxygens (including phenoxy) is 5. The molecule has 24 heavy (non-hydrogen) atoms. The summed E-state index contributed by atoms with van der Waals surface area (Å²) >= 11 is 0. The average molecular weight is 356 g/mol. The lowest BCUT2D eigenvalue weighted by Gasteiger charge is -2.44. The molecule has 0 aromatic heterocycles. The molecule has 1 heterocycles. The number of hydrogen-bond donors (Lipinski definition) is 5. The summed E-state index contributed by atoms with van der Waals surface area (Å²) in [7, 11) is 0. The maximum atomic E-state index is 10.2. The Morgan fingerprint density at radius 2 is 1.17 bits per heavy atom. The molecule has 10 nitrogen and oxygen atoms in total. The van der Waals surface area contributed by atoms with Gasteiger partial charge in [-0.05, 0) is 0 Å². The summed E-state index contributed by atoms with van der Waals surface area (Å²) in [6.45, 7) is -0.801. The minimum absolute atomic E-state index is 0.00628. The Morgan fingerprint density at radius 3 is 1.71 bits per heavy atom. The smallest absolute Gasteiger partial charge is 0.184 e. The molecule has 0 bridgehead atoms. The minimum atomic E-state index is -1.35. The van der Waals surface area contributed by atoms with Crippen molar-refractivity contribution in [1.29, 1.82) is 0 Å². The van der Waals surface area contributed by atoms with Crippen molar-refractivity contribution in [2.45, 2.75) is 30.7 Å². The molecule has 1 aliphatic rings. The SMILES string of the molecule is OCCOCC1OC(O)C(OCCO)C(OCCO)C1OCCO. The third kappa shape index (κ3) is 6.84. The van der Waals surface area contributed by atoms with Crippen LogP contribution in [-0.2, 0) is 23.7 Å². The molecule has 5 atom stereocenters. The fourth-order valence-electron chi connectivity index (χ4n) is 2.43. The van der Waals surface area contributed by atoms with Crippen LogP contribution in [0.15, 0.2) is 0 Å². The van der Waals surface area contributed by atoms with Crippen LogP contribution in [0.25, 0.3) is 0 Å². The van der Waals surface area contributed by atoms with E-state index in [0.717, 1.165) is 0 Å². The van der Waals surface area contributed by atoms with E-state index in [0.29, 0.717) is 0 Å². The third-order valence-corrected chi connectivity index (χ3v) is 3.33. The van der Waals surface area contributed by atoms with Gasteiger partial charge in [0, 0.05) is 0 Å². The first-order valence-corrected chi connectivity index (χ1v) is 7.89. The highest BCUT2D eigenvalue weighted by atomic mass is 16.7. The first-order chi connectivity index (χ1) is 11.7. The van der Waals surface area contributed by atoms with Gasteiger partial charge in [0.05, 0.1) is 59.5 Å². The summed E-state index contributed by atoms with van der Waals surface area (Å²) in [6.07, 6.45) is -4.56. The van der Waals surface area contributed by atoms with Crippen LogP contribution in [0, 0.1) is 0 Å². The molecule has 1 rings (SSSR count). The summed E-state index contributed by atoms with van der Waals surface area (Å²) in [5.74, 6) is 0. The van der Waals surface area contributed by atoms with Gasteiger partial charge in [-0.1, -0.05) is 0 Å². The fraction of sp³-hybridized carbons (Fsp3) is 1.00. The van der Waals surface area contributed by atoms with Crippen LogP contribution in [-0.4, -0.2) is 116 Å². The lowest BCUT2D eigenvalue weighted by Crippen LogP contribution is -2.61. The first kappa shape index (κ1) is 21.6. The van der Waals surface area contributed by atoms with E-state index in [1.54, 1.807) is 0 Å². The van der Waals surface area contributed by atoms with Gasteiger partial charge < -0.3 is 49.2 Å². The lowest BCUT2D eigenvalue weighted by atomic mass is 9.98. The highest BCUT2D eigenvalue weighted by molar-refractivity contribution is 4.92. The summed E-state index contributed by atoms with van der Waals surface area (Å²) in [4.78, 5) is 0. The number of hydrogen-bond acceptors (Lipinski definition) is 10. The molecule has 0 aliphatic carbocycles. The molecule has 1 fully saturated rings. The first-order valence-electron chi connectivity index (χ1n) is 7.89. The number of aliphatic hydroxyl groups excluding tert-OH is 5. The van der Waals surface area contributed by atoms with Gasteiger partial charge in [0.25, 0.3) is 0 Å². The van der Waals surface area contributed by atoms with Gasteiger partial charge in [-0.25, -0.2) is 0 Å². The van der Waals surface area contributed by atoms with Crippen LogP contribution >= 0.6 is 0 Å². The van der Waals surface area contributed by atoms with Crippen LogP contribution < -0.4 is 0 Å². The molecule has 1 aliphatic heterocycles. The summed E-state index contributed by atoms with van der Waals surface area (Å²) in [6, 6.07) is 0. The molecule has 0 amide bonds. The molecular formula is C14H28O10. The van der Waals surface area contributed by atoms with E-state index in [2.05, 4.69) is 0 Å². The van der Waals surface area contributed by atoms with Gasteiger partial charge in [0.15, 0.2) is 6.29 Å². The summed E-state index contributed by atoms with van der Waals surface area (Å²) in [5.41, 5.74) is 0. The second kappa shape index (κ2) is 12.9. The van der Waals surface area contributed by atoms with Crippen molar-refractivity contribution in [3.63, 3.8) is 0 Å². The Kier molecular flexibility index (Phi) is 11.6. The molecule has 10 heteroatoms. The van der Waals surface area contributed by atoms with E-state index >= 15 is 0 Å². The van der Waals surface area contributed by atoms with E-state index < -0.39 is 30.7 Å². The number of rotatable bonds is 13. The van der Waals surface area contributed by atoms with Gasteiger partial charge in [0.1, 0.15) is 24.4 Å². The Morgan fingerprint density at radius 1 is 0.667 bits per heavy atom. The van der Waals surface area contributed by atoms with E-state index in [1.165, 1.54) is 0 Å². The normalized spacial score (nSPS) is 30.6. The highest BCUT2D eigenvalue weighted by Crippen LogP contribution is 2.27. The minimum Gasteiger partial charge on any atom is -0.394 e. The average Bonchev–Trinajstić information content (AvgIpc) is 2.58. The summed E-state index contributed by atoms with van der Waals surface area (Å²) in [5, 5.41) is 45.8. The molecule has 0 radical (unpaired) electrons. The largest absolute Gasteiger partial charge is 0.394 e. The van der Waals surface area contributed by atoms with Crippen molar-refractivity contribution in [1.82, 2.24) is 0 Å². The zero-order valence-corrected chi connectivity index (χ0v) is 13.5. The van der Waals surface area contributed by atoms with Crippen molar-refractivity contribution in [3.8, 4) is 0 Å². The predicted octanol–water partition coefficient (Wildman–Crippen LogP) is -3.15. The van der Waals surface area contributed by atoms with Crippen molar-refractivity contribution >= 4 is 0 Å². The molecule has 1 saturated heterocycles. The molecule has 0 saturated carbocycles. The highest BCUT2D eigenvalue weighted by Gasteiger charge is 2.47. The molecule has 0 aromatic carbocycles. The summed E-state index contributed by atoms with van der Waals surface area (Å²) < 4.78 is 27.2. The van der Waals surface area contributed by atoms with Crippen LogP contribution in [0.2, 0.25) is 0 Å². The molecule has 0 spiro atoms. The van der Waals surface area contributed by atoms with Crippen molar-refractivity contribution in [2.75, 3.05) is 59.5 Å². The van der Waals surface area contributed by atoms with Gasteiger partial charge in [0.2, 0.25) is 0 Å². The quantitative estimate of drug-likeness (QED) is 0.214. The Labute approximate surface area is 140 Å². The topological polar surface area (TPSA) is 147 Å². The Balaban J connectivity index is 2.84. The van der Waals surface area contributed by atoms with Crippen LogP contribution in [0.3, 0.4) is 0 Å². The second-order valence-electron chi connectivity index (χ2n) is 5.04. The fourth-order valence-corrected chi connectivity index (χ4v) is 2.43. The zero-order valence-electron chi connectivity index (χ0n) is 13.5. The molecule has 5 unspecified atom stereocenters. The van der Waals surface area contributed by atoms with Gasteiger partial charge >= 0.3 is 0 Å². The van der Waals surface area contributed by atoms with Gasteiger partial charge in [-0.3, -0.25) is 0 Å². The standard InChI is InChI=1S/C14H28O10/c15-1-5-20-9-10-11(21-6-2-16)12(22-7-3-17)13(14(19)24-10)23-8-4-18/h10-19H,1-9H2. The van der Waals surface area contributed by atoms with Crippen LogP contribution in [0.4, 0.5) is 0 Å². The lowest BCUT2D eigenvalue weighted by molar-refractivity contribution is -0.313. The zero-order chi connectivity index (χ0) is 17.8. The van der Waals surface area contributed by atoms with Gasteiger partial charge in [-0.15, -0.1) is 0 Å². The van der Waals surface area contributed by atoms with E-state index in [4.69, 9.17) is 44.1 Å². The molecule has 5 N–H and O–H groups in total. The van der Waals surface area contributed by atoms with E-state index in [-0.39, 0.29) is 59.5 Å². The molecule has 144 valence electrons. The molecule has 0 aromatic rings. The third-order valence-electron chi connectivity index (χ3n) is 3.33. The number of aliphatic hydroxyl groups is 5. The van der Waals surface area contributed by atoms with Crippen molar-refractivity contribution in [2.24, 2.45) is 0 Å². The maximum absolute atomic E-state index is 10.2. The maximum Gasteiger partial charge on any atom is 0.184 e. The van der Waals surface area contributed by atoms with Crippen molar-refractivity contribution < 1.29 is 49.2 Å². The van der Waals surface area contributed by atoms with Crippen molar-refractivity contribution in [3.05, 3.63) is 0 Å². The predicted molar refractivity (Wildman–Crippen MR) is 79.3 cm³/mol. The monoisotopic (exact) mass is 356 g/mol. The Hall–Kier alpha value is -0.400. The van der Waals surface area contributed by atoms with Crippen LogP contribution in [0.5, 0.6) is 0 Å². The van der Waals surface area contributed by atoms with Crippen LogP contribution in [0.1, 0.15) is 0 Å². The second-order valence-corrected chi connectivity index (χ2v) is 5.04. The van der Waals surface area contributed by atoms with E-state index in [9.17, 15) is 5.11 Å². The Bertz CT molecular complexity index is 305. The molecular weight excluding hydrogens is 328 g/mol. The van der Waals surface area contributed by atoms with E-state index in [1.807, 2.05) is 0 Å².